The predicted octanol–water partition coefficient (Wildman–Crippen LogP) is 2.68. The van der Waals surface area contributed by atoms with E-state index in [1.807, 2.05) is 0 Å². The van der Waals surface area contributed by atoms with Gasteiger partial charge in [0.1, 0.15) is 5.75 Å². The summed E-state index contributed by atoms with van der Waals surface area (Å²) in [5.41, 5.74) is 0.561. The van der Waals surface area contributed by atoms with E-state index >= 15 is 0 Å². The zero-order valence-corrected chi connectivity index (χ0v) is 8.59. The van der Waals surface area contributed by atoms with E-state index in [1.54, 1.807) is 0 Å². The van der Waals surface area contributed by atoms with Crippen molar-refractivity contribution in [1.29, 1.82) is 0 Å². The van der Waals surface area contributed by atoms with Crippen LogP contribution in [0.2, 0.25) is 0 Å². The van der Waals surface area contributed by atoms with Gasteiger partial charge in [0.25, 0.3) is 0 Å². The van der Waals surface area contributed by atoms with Gasteiger partial charge >= 0.3 is 12.3 Å². The van der Waals surface area contributed by atoms with Crippen molar-refractivity contribution in [3.8, 4) is 5.75 Å². The summed E-state index contributed by atoms with van der Waals surface area (Å²) in [7, 11) is 1.20. The fourth-order valence-electron chi connectivity index (χ4n) is 1.17. The van der Waals surface area contributed by atoms with Crippen LogP contribution in [0.4, 0.5) is 13.2 Å². The lowest BCUT2D eigenvalue weighted by molar-refractivity contribution is -0.274. The van der Waals surface area contributed by atoms with Crippen LogP contribution in [0.25, 0.3) is 0 Å². The molecule has 0 fully saturated rings. The van der Waals surface area contributed by atoms with Crippen LogP contribution in [-0.2, 0) is 4.74 Å². The fourth-order valence-corrected chi connectivity index (χ4v) is 1.17. The summed E-state index contributed by atoms with van der Waals surface area (Å²) < 4.78 is 43.8. The highest BCUT2D eigenvalue weighted by Gasteiger charge is 2.31. The van der Waals surface area contributed by atoms with Crippen molar-refractivity contribution in [3.63, 3.8) is 0 Å². The van der Waals surface area contributed by atoms with Gasteiger partial charge in [0.2, 0.25) is 0 Å². The second-order valence-corrected chi connectivity index (χ2v) is 3.02. The van der Waals surface area contributed by atoms with E-state index in [2.05, 4.69) is 9.47 Å². The molecule has 0 aliphatic carbocycles. The average molecular weight is 234 g/mol. The molecule has 1 aromatic rings. The van der Waals surface area contributed by atoms with Gasteiger partial charge in [-0.25, -0.2) is 4.79 Å². The number of esters is 1. The SMILES string of the molecule is COC(=O)c1ccc(OC(F)(F)F)cc1C. The summed E-state index contributed by atoms with van der Waals surface area (Å²) in [6.45, 7) is 1.50. The molecule has 0 amide bonds. The van der Waals surface area contributed by atoms with E-state index in [9.17, 15) is 18.0 Å². The van der Waals surface area contributed by atoms with E-state index in [-0.39, 0.29) is 11.3 Å². The number of halogens is 3. The van der Waals surface area contributed by atoms with Crippen molar-refractivity contribution < 1.29 is 27.4 Å². The van der Waals surface area contributed by atoms with Crippen LogP contribution < -0.4 is 4.74 Å². The molecule has 0 bridgehead atoms. The fraction of sp³-hybridized carbons (Fsp3) is 0.300. The van der Waals surface area contributed by atoms with Gasteiger partial charge in [0, 0.05) is 0 Å². The number of hydrogen-bond acceptors (Lipinski definition) is 3. The quantitative estimate of drug-likeness (QED) is 0.738. The minimum atomic E-state index is -4.74. The number of ether oxygens (including phenoxy) is 2. The molecule has 1 rings (SSSR count). The molecule has 3 nitrogen and oxygen atoms in total. The second kappa shape index (κ2) is 4.42. The number of hydrogen-bond donors (Lipinski definition) is 0. The molecule has 0 aliphatic rings. The highest BCUT2D eigenvalue weighted by molar-refractivity contribution is 5.91. The zero-order chi connectivity index (χ0) is 12.3. The maximum atomic E-state index is 11.9. The molecule has 0 saturated carbocycles. The van der Waals surface area contributed by atoms with Gasteiger partial charge in [-0.1, -0.05) is 0 Å². The van der Waals surface area contributed by atoms with Crippen LogP contribution in [0, 0.1) is 6.92 Å². The Hall–Kier alpha value is -1.72. The van der Waals surface area contributed by atoms with Crippen LogP contribution in [0.15, 0.2) is 18.2 Å². The summed E-state index contributed by atoms with van der Waals surface area (Å²) in [4.78, 5) is 11.1. The summed E-state index contributed by atoms with van der Waals surface area (Å²) in [5, 5.41) is 0. The average Bonchev–Trinajstić information content (AvgIpc) is 2.14. The highest BCUT2D eigenvalue weighted by Crippen LogP contribution is 2.24. The third-order valence-corrected chi connectivity index (χ3v) is 1.84. The minimum Gasteiger partial charge on any atom is -0.465 e. The first-order valence-corrected chi connectivity index (χ1v) is 4.28. The lowest BCUT2D eigenvalue weighted by Crippen LogP contribution is -2.17. The monoisotopic (exact) mass is 234 g/mol. The maximum absolute atomic E-state index is 11.9. The van der Waals surface area contributed by atoms with Crippen LogP contribution in [0.3, 0.4) is 0 Å². The Bertz CT molecular complexity index is 399. The largest absolute Gasteiger partial charge is 0.573 e. The molecule has 0 atom stereocenters. The van der Waals surface area contributed by atoms with Gasteiger partial charge in [-0.15, -0.1) is 13.2 Å². The Balaban J connectivity index is 2.96. The third kappa shape index (κ3) is 3.15. The normalized spacial score (nSPS) is 11.1. The molecule has 88 valence electrons. The zero-order valence-electron chi connectivity index (χ0n) is 8.59. The number of carbonyl (C=O) groups is 1. The van der Waals surface area contributed by atoms with Gasteiger partial charge in [-0.3, -0.25) is 0 Å². The summed E-state index contributed by atoms with van der Waals surface area (Å²) in [6, 6.07) is 3.41. The van der Waals surface area contributed by atoms with E-state index in [0.29, 0.717) is 5.56 Å². The third-order valence-electron chi connectivity index (χ3n) is 1.84. The molecule has 1 aromatic carbocycles. The number of rotatable bonds is 2. The van der Waals surface area contributed by atoms with Crippen molar-refractivity contribution >= 4 is 5.97 Å². The van der Waals surface area contributed by atoms with Crippen LogP contribution in [0.5, 0.6) is 5.75 Å². The van der Waals surface area contributed by atoms with Crippen molar-refractivity contribution in [3.05, 3.63) is 29.3 Å². The highest BCUT2D eigenvalue weighted by atomic mass is 19.4. The number of benzene rings is 1. The molecule has 0 radical (unpaired) electrons. The van der Waals surface area contributed by atoms with Gasteiger partial charge < -0.3 is 9.47 Å². The van der Waals surface area contributed by atoms with Crippen molar-refractivity contribution in [2.45, 2.75) is 13.3 Å². The van der Waals surface area contributed by atoms with E-state index in [4.69, 9.17) is 0 Å². The lowest BCUT2D eigenvalue weighted by Gasteiger charge is -2.10. The molecular weight excluding hydrogens is 225 g/mol. The van der Waals surface area contributed by atoms with Crippen LogP contribution in [-0.4, -0.2) is 19.4 Å². The van der Waals surface area contributed by atoms with Crippen LogP contribution >= 0.6 is 0 Å². The first-order chi connectivity index (χ1) is 7.33. The second-order valence-electron chi connectivity index (χ2n) is 3.02. The number of carbonyl (C=O) groups excluding carboxylic acids is 1. The Morgan fingerprint density at radius 1 is 1.31 bits per heavy atom. The van der Waals surface area contributed by atoms with Gasteiger partial charge in [0.05, 0.1) is 12.7 Å². The van der Waals surface area contributed by atoms with Crippen molar-refractivity contribution in [2.75, 3.05) is 7.11 Å². The van der Waals surface area contributed by atoms with Crippen molar-refractivity contribution in [2.24, 2.45) is 0 Å². The molecular formula is C10H9F3O3. The molecule has 0 unspecified atom stereocenters. The molecule has 0 aliphatic heterocycles. The van der Waals surface area contributed by atoms with E-state index in [0.717, 1.165) is 12.1 Å². The maximum Gasteiger partial charge on any atom is 0.573 e. The molecule has 0 N–H and O–H groups in total. The van der Waals surface area contributed by atoms with E-state index in [1.165, 1.54) is 20.1 Å². The molecule has 0 saturated heterocycles. The minimum absolute atomic E-state index is 0.206. The Labute approximate surface area is 89.8 Å². The lowest BCUT2D eigenvalue weighted by atomic mass is 10.1. The topological polar surface area (TPSA) is 35.5 Å². The summed E-state index contributed by atoms with van der Waals surface area (Å²) >= 11 is 0. The Morgan fingerprint density at radius 3 is 2.38 bits per heavy atom. The van der Waals surface area contributed by atoms with Crippen molar-refractivity contribution in [1.82, 2.24) is 0 Å². The molecule has 6 heteroatoms. The first-order valence-electron chi connectivity index (χ1n) is 4.28. The summed E-state index contributed by atoms with van der Waals surface area (Å²) in [5.74, 6) is -0.964. The first kappa shape index (κ1) is 12.4. The molecule has 0 heterocycles. The molecule has 0 spiro atoms. The standard InChI is InChI=1S/C10H9F3O3/c1-6-5-7(16-10(11,12)13)3-4-8(6)9(14)15-2/h3-5H,1-2H3. The van der Waals surface area contributed by atoms with Crippen LogP contribution in [0.1, 0.15) is 15.9 Å². The van der Waals surface area contributed by atoms with Gasteiger partial charge in [-0.05, 0) is 30.7 Å². The van der Waals surface area contributed by atoms with Gasteiger partial charge in [0.15, 0.2) is 0 Å². The smallest absolute Gasteiger partial charge is 0.465 e. The molecule has 16 heavy (non-hydrogen) atoms. The predicted molar refractivity (Wildman–Crippen MR) is 49.2 cm³/mol. The van der Waals surface area contributed by atoms with E-state index < -0.39 is 12.3 Å². The Morgan fingerprint density at radius 2 is 1.94 bits per heavy atom. The van der Waals surface area contributed by atoms with Gasteiger partial charge in [-0.2, -0.15) is 0 Å². The summed E-state index contributed by atoms with van der Waals surface area (Å²) in [6.07, 6.45) is -4.74. The number of methoxy groups -OCH3 is 1. The number of aryl methyl sites for hydroxylation is 1. The Kier molecular flexibility index (Phi) is 3.41. The number of alkyl halides is 3. The molecule has 0 aromatic heterocycles.